The molecule has 0 atom stereocenters. The average Bonchev–Trinajstić information content (AvgIpc) is 3.23. The molecule has 6 nitrogen and oxygen atoms in total. The summed E-state index contributed by atoms with van der Waals surface area (Å²) in [7, 11) is 1.91. The van der Waals surface area contributed by atoms with Gasteiger partial charge in [0.25, 0.3) is 5.91 Å². The first-order valence-electron chi connectivity index (χ1n) is 9.58. The van der Waals surface area contributed by atoms with Crippen LogP contribution in [0.15, 0.2) is 54.6 Å². The predicted molar refractivity (Wildman–Crippen MR) is 112 cm³/mol. The molecule has 0 aliphatic heterocycles. The summed E-state index contributed by atoms with van der Waals surface area (Å²) in [6.45, 7) is 4.10. The summed E-state index contributed by atoms with van der Waals surface area (Å²) < 4.78 is 9.42. The van der Waals surface area contributed by atoms with E-state index in [0.717, 1.165) is 34.9 Å². The van der Waals surface area contributed by atoms with Crippen LogP contribution in [-0.4, -0.2) is 33.2 Å². The zero-order chi connectivity index (χ0) is 19.5. The van der Waals surface area contributed by atoms with Gasteiger partial charge in [0.1, 0.15) is 5.69 Å². The van der Waals surface area contributed by atoms with E-state index in [1.54, 1.807) is 0 Å². The van der Waals surface area contributed by atoms with Gasteiger partial charge in [-0.2, -0.15) is 0 Å². The van der Waals surface area contributed by atoms with Gasteiger partial charge in [-0.15, -0.1) is 0 Å². The van der Waals surface area contributed by atoms with E-state index in [2.05, 4.69) is 14.9 Å². The van der Waals surface area contributed by atoms with Crippen LogP contribution >= 0.6 is 0 Å². The molecular weight excluding hydrogens is 352 g/mol. The predicted octanol–water partition coefficient (Wildman–Crippen LogP) is 4.21. The van der Waals surface area contributed by atoms with Crippen molar-refractivity contribution in [1.29, 1.82) is 0 Å². The Balaban J connectivity index is 1.64. The topological polar surface area (TPSA) is 61.1 Å². The van der Waals surface area contributed by atoms with E-state index in [-0.39, 0.29) is 5.91 Å². The van der Waals surface area contributed by atoms with E-state index in [0.29, 0.717) is 24.9 Å². The van der Waals surface area contributed by atoms with Crippen molar-refractivity contribution in [3.63, 3.8) is 0 Å². The van der Waals surface area contributed by atoms with Crippen LogP contribution in [0.5, 0.6) is 0 Å². The lowest BCUT2D eigenvalue weighted by atomic mass is 10.2. The summed E-state index contributed by atoms with van der Waals surface area (Å²) in [5.41, 5.74) is 3.50. The monoisotopic (exact) mass is 376 g/mol. The third-order valence-corrected chi connectivity index (χ3v) is 4.94. The van der Waals surface area contributed by atoms with Crippen LogP contribution in [0.2, 0.25) is 0 Å². The summed E-state index contributed by atoms with van der Waals surface area (Å²) in [6.07, 6.45) is 0.852. The van der Waals surface area contributed by atoms with Crippen LogP contribution in [0.4, 0.5) is 5.95 Å². The number of hydrogen-bond donors (Lipinski definition) is 1. The van der Waals surface area contributed by atoms with Crippen molar-refractivity contribution in [2.75, 3.05) is 18.5 Å². The molecular formula is C22H24N4O2. The van der Waals surface area contributed by atoms with E-state index in [1.807, 2.05) is 73.1 Å². The fourth-order valence-corrected chi connectivity index (χ4v) is 3.54. The molecule has 6 heteroatoms. The molecule has 0 unspecified atom stereocenters. The van der Waals surface area contributed by atoms with Crippen molar-refractivity contribution in [3.05, 3.63) is 60.3 Å². The summed E-state index contributed by atoms with van der Waals surface area (Å²) in [4.78, 5) is 17.6. The Morgan fingerprint density at radius 1 is 1.11 bits per heavy atom. The van der Waals surface area contributed by atoms with Crippen molar-refractivity contribution in [3.8, 4) is 0 Å². The first kappa shape index (κ1) is 18.3. The molecule has 1 amide bonds. The number of ether oxygens (including phenoxy) is 1. The first-order chi connectivity index (χ1) is 13.7. The zero-order valence-electron chi connectivity index (χ0n) is 16.2. The van der Waals surface area contributed by atoms with Gasteiger partial charge in [-0.3, -0.25) is 10.1 Å². The molecule has 0 spiro atoms. The Kier molecular flexibility index (Phi) is 5.12. The normalized spacial score (nSPS) is 11.4. The molecule has 0 saturated carbocycles. The van der Waals surface area contributed by atoms with Gasteiger partial charge >= 0.3 is 0 Å². The zero-order valence-corrected chi connectivity index (χ0v) is 16.2. The minimum Gasteiger partial charge on any atom is -0.382 e. The molecule has 144 valence electrons. The van der Waals surface area contributed by atoms with E-state index in [4.69, 9.17) is 4.74 Å². The molecule has 2 aromatic heterocycles. The second-order valence-corrected chi connectivity index (χ2v) is 6.73. The highest BCUT2D eigenvalue weighted by molar-refractivity contribution is 6.06. The Morgan fingerprint density at radius 3 is 2.64 bits per heavy atom. The van der Waals surface area contributed by atoms with Gasteiger partial charge in [-0.1, -0.05) is 30.3 Å². The van der Waals surface area contributed by atoms with Crippen molar-refractivity contribution >= 4 is 33.8 Å². The van der Waals surface area contributed by atoms with E-state index < -0.39 is 0 Å². The number of anilines is 1. The average molecular weight is 376 g/mol. The largest absolute Gasteiger partial charge is 0.382 e. The number of para-hydroxylation sites is 3. The number of fused-ring (bicyclic) bond motifs is 2. The second-order valence-electron chi connectivity index (χ2n) is 6.73. The van der Waals surface area contributed by atoms with Crippen LogP contribution in [0, 0.1) is 0 Å². The number of nitrogens with zero attached hydrogens (tertiary/aromatic N) is 3. The molecule has 1 N–H and O–H groups in total. The molecule has 0 saturated heterocycles. The molecule has 2 heterocycles. The first-order valence-corrected chi connectivity index (χ1v) is 9.58. The van der Waals surface area contributed by atoms with Crippen LogP contribution in [0.1, 0.15) is 23.8 Å². The molecule has 0 fully saturated rings. The van der Waals surface area contributed by atoms with E-state index >= 15 is 0 Å². The summed E-state index contributed by atoms with van der Waals surface area (Å²) >= 11 is 0. The summed E-state index contributed by atoms with van der Waals surface area (Å²) in [5.74, 6) is 0.396. The lowest BCUT2D eigenvalue weighted by Crippen LogP contribution is -2.19. The molecule has 0 bridgehead atoms. The third kappa shape index (κ3) is 3.39. The van der Waals surface area contributed by atoms with Gasteiger partial charge in [0.2, 0.25) is 5.95 Å². The smallest absolute Gasteiger partial charge is 0.274 e. The highest BCUT2D eigenvalue weighted by Crippen LogP contribution is 2.22. The maximum absolute atomic E-state index is 13.0. The van der Waals surface area contributed by atoms with E-state index in [9.17, 15) is 4.79 Å². The number of aromatic nitrogens is 3. The number of amides is 1. The number of carbonyl (C=O) groups is 1. The molecule has 4 aromatic rings. The molecule has 0 aliphatic rings. The second kappa shape index (κ2) is 7.86. The van der Waals surface area contributed by atoms with Gasteiger partial charge in [-0.25, -0.2) is 4.98 Å². The third-order valence-electron chi connectivity index (χ3n) is 4.94. The van der Waals surface area contributed by atoms with Crippen molar-refractivity contribution in [1.82, 2.24) is 14.1 Å². The standard InChI is InChI=1S/C22H24N4O2/c1-3-28-14-8-13-26-19-12-7-5-10-17(19)23-22(26)24-21(27)20-15-16-9-4-6-11-18(16)25(20)2/h4-7,9-12,15H,3,8,13-14H2,1-2H3,(H,23,24,27). The quantitative estimate of drug-likeness (QED) is 0.492. The number of benzene rings is 2. The number of carbonyl (C=O) groups excluding carboxylic acids is 1. The number of imidazole rings is 1. The van der Waals surface area contributed by atoms with Crippen molar-refractivity contribution in [2.24, 2.45) is 7.05 Å². The summed E-state index contributed by atoms with van der Waals surface area (Å²) in [5, 5.41) is 4.05. The Morgan fingerprint density at radius 2 is 1.86 bits per heavy atom. The van der Waals surface area contributed by atoms with Gasteiger partial charge < -0.3 is 13.9 Å². The fraction of sp³-hybridized carbons (Fsp3) is 0.273. The highest BCUT2D eigenvalue weighted by Gasteiger charge is 2.17. The van der Waals surface area contributed by atoms with Crippen molar-refractivity contribution in [2.45, 2.75) is 19.9 Å². The summed E-state index contributed by atoms with van der Waals surface area (Å²) in [6, 6.07) is 17.8. The van der Waals surface area contributed by atoms with Gasteiger partial charge in [-0.05, 0) is 37.6 Å². The number of rotatable bonds is 7. The molecule has 4 rings (SSSR count). The highest BCUT2D eigenvalue weighted by atomic mass is 16.5. The van der Waals surface area contributed by atoms with Crippen LogP contribution in [0.25, 0.3) is 21.9 Å². The van der Waals surface area contributed by atoms with Gasteiger partial charge in [0.05, 0.1) is 11.0 Å². The molecule has 28 heavy (non-hydrogen) atoms. The van der Waals surface area contributed by atoms with Crippen molar-refractivity contribution < 1.29 is 9.53 Å². The van der Waals surface area contributed by atoms with E-state index in [1.165, 1.54) is 0 Å². The Labute approximate surface area is 163 Å². The SMILES string of the molecule is CCOCCCn1c(NC(=O)c2cc3ccccc3n2C)nc2ccccc21. The molecule has 0 aliphatic carbocycles. The number of aryl methyl sites for hydroxylation is 2. The molecule has 0 radical (unpaired) electrons. The van der Waals surface area contributed by atoms with Crippen LogP contribution in [0.3, 0.4) is 0 Å². The number of nitrogens with one attached hydrogen (secondary N) is 1. The Hall–Kier alpha value is -3.12. The lowest BCUT2D eigenvalue weighted by molar-refractivity contribution is 0.101. The van der Waals surface area contributed by atoms with Crippen LogP contribution < -0.4 is 5.32 Å². The maximum Gasteiger partial charge on any atom is 0.274 e. The fourth-order valence-electron chi connectivity index (χ4n) is 3.54. The Bertz CT molecular complexity index is 1130. The van der Waals surface area contributed by atoms with Gasteiger partial charge in [0, 0.05) is 37.7 Å². The minimum atomic E-state index is -0.167. The van der Waals surface area contributed by atoms with Gasteiger partial charge in [0.15, 0.2) is 0 Å². The molecule has 2 aromatic carbocycles. The number of hydrogen-bond acceptors (Lipinski definition) is 3. The minimum absolute atomic E-state index is 0.167. The maximum atomic E-state index is 13.0. The van der Waals surface area contributed by atoms with Crippen LogP contribution in [-0.2, 0) is 18.3 Å². The lowest BCUT2D eigenvalue weighted by Gasteiger charge is -2.11.